The third-order valence-electron chi connectivity index (χ3n) is 3.35. The van der Waals surface area contributed by atoms with Crippen molar-refractivity contribution in [2.24, 2.45) is 5.73 Å². The standard InChI is InChI=1S/C15H21N3O3/c16-14(19)9-11-1-3-12(4-2-11)18-15(20)10-21-13-5-7-17-8-6-13/h1-4,13,17H,5-10H2,(H2,16,19)(H,18,20). The first-order chi connectivity index (χ1) is 10.1. The van der Waals surface area contributed by atoms with Crippen molar-refractivity contribution in [3.05, 3.63) is 29.8 Å². The molecule has 1 fully saturated rings. The van der Waals surface area contributed by atoms with Gasteiger partial charge in [-0.3, -0.25) is 9.59 Å². The van der Waals surface area contributed by atoms with Crippen molar-refractivity contribution in [2.75, 3.05) is 25.0 Å². The summed E-state index contributed by atoms with van der Waals surface area (Å²) in [6.45, 7) is 1.94. The van der Waals surface area contributed by atoms with Gasteiger partial charge in [-0.05, 0) is 43.6 Å². The van der Waals surface area contributed by atoms with E-state index in [1.54, 1.807) is 24.3 Å². The minimum absolute atomic E-state index is 0.0632. The van der Waals surface area contributed by atoms with Crippen LogP contribution in [0.1, 0.15) is 18.4 Å². The fourth-order valence-electron chi connectivity index (χ4n) is 2.26. The number of rotatable bonds is 6. The Kier molecular flexibility index (Phi) is 5.71. The van der Waals surface area contributed by atoms with Gasteiger partial charge in [0.2, 0.25) is 11.8 Å². The van der Waals surface area contributed by atoms with Gasteiger partial charge in [0.25, 0.3) is 0 Å². The summed E-state index contributed by atoms with van der Waals surface area (Å²) in [5.41, 5.74) is 6.63. The largest absolute Gasteiger partial charge is 0.369 e. The highest BCUT2D eigenvalue weighted by atomic mass is 16.5. The van der Waals surface area contributed by atoms with E-state index >= 15 is 0 Å². The molecule has 2 rings (SSSR count). The Morgan fingerprint density at radius 3 is 2.52 bits per heavy atom. The lowest BCUT2D eigenvalue weighted by Gasteiger charge is -2.22. The SMILES string of the molecule is NC(=O)Cc1ccc(NC(=O)COC2CCNCC2)cc1. The average molecular weight is 291 g/mol. The number of piperidine rings is 1. The second-order valence-corrected chi connectivity index (χ2v) is 5.15. The lowest BCUT2D eigenvalue weighted by atomic mass is 10.1. The molecule has 1 aliphatic rings. The van der Waals surface area contributed by atoms with Crippen molar-refractivity contribution in [3.8, 4) is 0 Å². The Labute approximate surface area is 124 Å². The number of nitrogens with one attached hydrogen (secondary N) is 2. The van der Waals surface area contributed by atoms with Crippen LogP contribution in [-0.4, -0.2) is 37.6 Å². The molecular formula is C15H21N3O3. The monoisotopic (exact) mass is 291 g/mol. The molecule has 21 heavy (non-hydrogen) atoms. The second-order valence-electron chi connectivity index (χ2n) is 5.15. The van der Waals surface area contributed by atoms with E-state index < -0.39 is 0 Å². The number of carbonyl (C=O) groups is 2. The number of benzene rings is 1. The van der Waals surface area contributed by atoms with Crippen LogP contribution in [0.15, 0.2) is 24.3 Å². The molecule has 6 heteroatoms. The van der Waals surface area contributed by atoms with Gasteiger partial charge in [-0.1, -0.05) is 12.1 Å². The molecular weight excluding hydrogens is 270 g/mol. The van der Waals surface area contributed by atoms with Gasteiger partial charge in [-0.25, -0.2) is 0 Å². The van der Waals surface area contributed by atoms with Crippen LogP contribution in [0.2, 0.25) is 0 Å². The van der Waals surface area contributed by atoms with Gasteiger partial charge >= 0.3 is 0 Å². The normalized spacial score (nSPS) is 15.6. The van der Waals surface area contributed by atoms with Crippen molar-refractivity contribution in [2.45, 2.75) is 25.4 Å². The van der Waals surface area contributed by atoms with Crippen LogP contribution < -0.4 is 16.4 Å². The van der Waals surface area contributed by atoms with Crippen LogP contribution in [0.25, 0.3) is 0 Å². The second kappa shape index (κ2) is 7.75. The summed E-state index contributed by atoms with van der Waals surface area (Å²) in [7, 11) is 0. The van der Waals surface area contributed by atoms with Crippen molar-refractivity contribution in [1.29, 1.82) is 0 Å². The van der Waals surface area contributed by atoms with Crippen molar-refractivity contribution in [3.63, 3.8) is 0 Å². The average Bonchev–Trinajstić information content (AvgIpc) is 2.48. The van der Waals surface area contributed by atoms with Crippen LogP contribution in [-0.2, 0) is 20.7 Å². The lowest BCUT2D eigenvalue weighted by Crippen LogP contribution is -2.34. The first kappa shape index (κ1) is 15.5. The van der Waals surface area contributed by atoms with Crippen molar-refractivity contribution in [1.82, 2.24) is 5.32 Å². The lowest BCUT2D eigenvalue weighted by molar-refractivity contribution is -0.123. The van der Waals surface area contributed by atoms with E-state index in [0.717, 1.165) is 31.5 Å². The molecule has 0 atom stereocenters. The highest BCUT2D eigenvalue weighted by Gasteiger charge is 2.14. The molecule has 0 unspecified atom stereocenters. The summed E-state index contributed by atoms with van der Waals surface area (Å²) < 4.78 is 5.58. The summed E-state index contributed by atoms with van der Waals surface area (Å²) in [5.74, 6) is -0.543. The number of nitrogens with two attached hydrogens (primary N) is 1. The van der Waals surface area contributed by atoms with Gasteiger partial charge in [0, 0.05) is 5.69 Å². The molecule has 2 amide bonds. The predicted octanol–water partition coefficient (Wildman–Crippen LogP) is 0.421. The van der Waals surface area contributed by atoms with E-state index in [9.17, 15) is 9.59 Å². The zero-order chi connectivity index (χ0) is 15.1. The number of carbonyl (C=O) groups excluding carboxylic acids is 2. The van der Waals surface area contributed by atoms with E-state index in [0.29, 0.717) is 5.69 Å². The number of hydrogen-bond donors (Lipinski definition) is 3. The van der Waals surface area contributed by atoms with Crippen molar-refractivity contribution < 1.29 is 14.3 Å². The third-order valence-corrected chi connectivity index (χ3v) is 3.35. The summed E-state index contributed by atoms with van der Waals surface area (Å²) in [5, 5.41) is 6.01. The smallest absolute Gasteiger partial charge is 0.250 e. The molecule has 0 radical (unpaired) electrons. The molecule has 0 spiro atoms. The van der Waals surface area contributed by atoms with Crippen molar-refractivity contribution >= 4 is 17.5 Å². The van der Waals surface area contributed by atoms with Crippen LogP contribution in [0.4, 0.5) is 5.69 Å². The molecule has 0 aliphatic carbocycles. The Bertz CT molecular complexity index is 481. The molecule has 1 aromatic rings. The number of ether oxygens (including phenoxy) is 1. The highest BCUT2D eigenvalue weighted by Crippen LogP contribution is 2.11. The molecule has 4 N–H and O–H groups in total. The zero-order valence-electron chi connectivity index (χ0n) is 11.9. The Balaban J connectivity index is 1.75. The van der Waals surface area contributed by atoms with E-state index in [1.165, 1.54) is 0 Å². The number of hydrogen-bond acceptors (Lipinski definition) is 4. The maximum atomic E-state index is 11.8. The van der Waals surface area contributed by atoms with E-state index in [1.807, 2.05) is 0 Å². The van der Waals surface area contributed by atoms with Gasteiger partial charge < -0.3 is 21.1 Å². The Morgan fingerprint density at radius 2 is 1.90 bits per heavy atom. The van der Waals surface area contributed by atoms with Gasteiger partial charge in [0.1, 0.15) is 6.61 Å². The third kappa shape index (κ3) is 5.53. The summed E-state index contributed by atoms with van der Waals surface area (Å²) in [6, 6.07) is 7.05. The van der Waals surface area contributed by atoms with Gasteiger partial charge in [-0.15, -0.1) is 0 Å². The Hall–Kier alpha value is -1.92. The van der Waals surface area contributed by atoms with Crippen LogP contribution in [0.3, 0.4) is 0 Å². The van der Waals surface area contributed by atoms with Crippen LogP contribution in [0, 0.1) is 0 Å². The van der Waals surface area contributed by atoms with Gasteiger partial charge in [-0.2, -0.15) is 0 Å². The fourth-order valence-corrected chi connectivity index (χ4v) is 2.26. The molecule has 1 aliphatic heterocycles. The number of primary amides is 1. The predicted molar refractivity (Wildman–Crippen MR) is 79.8 cm³/mol. The first-order valence-corrected chi connectivity index (χ1v) is 7.13. The maximum absolute atomic E-state index is 11.8. The summed E-state index contributed by atoms with van der Waals surface area (Å²) >= 11 is 0. The van der Waals surface area contributed by atoms with Crippen LogP contribution >= 0.6 is 0 Å². The topological polar surface area (TPSA) is 93.5 Å². The number of amides is 2. The zero-order valence-corrected chi connectivity index (χ0v) is 11.9. The summed E-state index contributed by atoms with van der Waals surface area (Å²) in [4.78, 5) is 22.6. The first-order valence-electron chi connectivity index (χ1n) is 7.13. The molecule has 1 aromatic carbocycles. The fraction of sp³-hybridized carbons (Fsp3) is 0.467. The molecule has 0 saturated carbocycles. The minimum Gasteiger partial charge on any atom is -0.369 e. The quantitative estimate of drug-likeness (QED) is 0.708. The maximum Gasteiger partial charge on any atom is 0.250 e. The van der Waals surface area contributed by atoms with Crippen LogP contribution in [0.5, 0.6) is 0 Å². The molecule has 1 saturated heterocycles. The highest BCUT2D eigenvalue weighted by molar-refractivity contribution is 5.91. The molecule has 6 nitrogen and oxygen atoms in total. The molecule has 1 heterocycles. The van der Waals surface area contributed by atoms with E-state index in [2.05, 4.69) is 10.6 Å². The molecule has 114 valence electrons. The summed E-state index contributed by atoms with van der Waals surface area (Å²) in [6.07, 6.45) is 2.24. The van der Waals surface area contributed by atoms with Gasteiger partial charge in [0.15, 0.2) is 0 Å². The van der Waals surface area contributed by atoms with E-state index in [4.69, 9.17) is 10.5 Å². The Morgan fingerprint density at radius 1 is 1.24 bits per heavy atom. The number of anilines is 1. The minimum atomic E-state index is -0.373. The molecule has 0 aromatic heterocycles. The molecule has 0 bridgehead atoms. The van der Waals surface area contributed by atoms with Gasteiger partial charge in [0.05, 0.1) is 12.5 Å². The van der Waals surface area contributed by atoms with E-state index in [-0.39, 0.29) is 30.9 Å².